The first-order valence-electron chi connectivity index (χ1n) is 1.99. The third-order valence-corrected chi connectivity index (χ3v) is 0. The van der Waals surface area contributed by atoms with Crippen molar-refractivity contribution in [3.63, 3.8) is 0 Å². The molecule has 0 aliphatic rings. The summed E-state index contributed by atoms with van der Waals surface area (Å²) in [6, 6.07) is 0. The molecule has 0 fully saturated rings. The molecule has 40 valence electrons. The molecular weight excluding hydrogens is 88.1 g/mol. The minimum Gasteiger partial charge on any atom is -0.300 e. The number of ketones is 1. The fourth-order valence-corrected chi connectivity index (χ4v) is 0. The van der Waals surface area contributed by atoms with E-state index in [4.69, 9.17) is 0 Å². The van der Waals surface area contributed by atoms with Crippen LogP contribution in [0.25, 0.3) is 0 Å². The van der Waals surface area contributed by atoms with Gasteiger partial charge in [0.05, 0.1) is 0 Å². The first kappa shape index (κ1) is 9.52. The van der Waals surface area contributed by atoms with Crippen LogP contribution in [0.3, 0.4) is 0 Å². The van der Waals surface area contributed by atoms with Gasteiger partial charge in [0.15, 0.2) is 0 Å². The van der Waals surface area contributed by atoms with E-state index in [0.717, 1.165) is 0 Å². The second-order valence-electron chi connectivity index (χ2n) is 1.20. The first-order valence-corrected chi connectivity index (χ1v) is 1.99. The van der Waals surface area contributed by atoms with Crippen molar-refractivity contribution >= 4 is 5.78 Å². The molecule has 0 radical (unpaired) electrons. The monoisotopic (exact) mass is 98.1 g/mol. The highest BCUT2D eigenvalue weighted by Gasteiger charge is 1.62. The number of rotatable bonds is 0. The Kier molecular flexibility index (Phi) is 12.2. The van der Waals surface area contributed by atoms with E-state index in [1.54, 1.807) is 6.92 Å². The highest BCUT2D eigenvalue weighted by Crippen LogP contribution is 1.50. The van der Waals surface area contributed by atoms with Crippen molar-refractivity contribution in [2.24, 2.45) is 0 Å². The van der Waals surface area contributed by atoms with Crippen LogP contribution in [-0.2, 0) is 4.79 Å². The summed E-state index contributed by atoms with van der Waals surface area (Å²) in [5.74, 6) is 2.42. The maximum atomic E-state index is 9.44. The zero-order valence-corrected chi connectivity index (χ0v) is 4.99. The summed E-state index contributed by atoms with van der Waals surface area (Å²) in [6.45, 7) is 4.71. The average Bonchev–Trinajstić information content (AvgIpc) is 1.33. The summed E-state index contributed by atoms with van der Waals surface area (Å²) in [7, 11) is 0. The van der Waals surface area contributed by atoms with E-state index >= 15 is 0 Å². The lowest BCUT2D eigenvalue weighted by Gasteiger charge is -1.56. The van der Waals surface area contributed by atoms with Crippen LogP contribution in [0.5, 0.6) is 0 Å². The van der Waals surface area contributed by atoms with Crippen LogP contribution in [-0.4, -0.2) is 5.78 Å². The number of hydrogen-bond acceptors (Lipinski definition) is 1. The molecule has 0 aliphatic carbocycles. The van der Waals surface area contributed by atoms with Crippen molar-refractivity contribution in [2.75, 3.05) is 0 Å². The van der Waals surface area contributed by atoms with Crippen molar-refractivity contribution in [1.82, 2.24) is 0 Å². The highest BCUT2D eigenvalue weighted by atomic mass is 16.1. The number of carbonyl (C=O) groups is 1. The van der Waals surface area contributed by atoms with Crippen LogP contribution in [0.1, 0.15) is 20.8 Å². The Morgan fingerprint density at radius 2 is 1.57 bits per heavy atom. The minimum atomic E-state index is 0.167. The van der Waals surface area contributed by atoms with Crippen LogP contribution in [0, 0.1) is 12.3 Å². The van der Waals surface area contributed by atoms with Crippen LogP contribution in [0.15, 0.2) is 0 Å². The van der Waals surface area contributed by atoms with Gasteiger partial charge in [-0.05, 0) is 20.8 Å². The second kappa shape index (κ2) is 8.97. The van der Waals surface area contributed by atoms with Gasteiger partial charge in [0.1, 0.15) is 5.78 Å². The Balaban J connectivity index is 0. The van der Waals surface area contributed by atoms with Gasteiger partial charge in [-0.1, -0.05) is 0 Å². The van der Waals surface area contributed by atoms with Gasteiger partial charge in [-0.25, -0.2) is 0 Å². The molecule has 0 aromatic carbocycles. The summed E-state index contributed by atoms with van der Waals surface area (Å²) in [6.07, 6.45) is 4.60. The van der Waals surface area contributed by atoms with Crippen LogP contribution < -0.4 is 0 Å². The van der Waals surface area contributed by atoms with E-state index in [1.807, 2.05) is 0 Å². The largest absolute Gasteiger partial charge is 0.300 e. The van der Waals surface area contributed by atoms with Crippen LogP contribution in [0.4, 0.5) is 0 Å². The lowest BCUT2D eigenvalue weighted by atomic mass is 10.6. The first-order chi connectivity index (χ1) is 3.15. The summed E-state index contributed by atoms with van der Waals surface area (Å²) >= 11 is 0. The fourth-order valence-electron chi connectivity index (χ4n) is 0. The topological polar surface area (TPSA) is 17.1 Å². The molecule has 0 rings (SSSR count). The Bertz CT molecular complexity index is 72.7. The van der Waals surface area contributed by atoms with Gasteiger partial charge in [-0.3, -0.25) is 0 Å². The molecule has 0 spiro atoms. The zero-order valence-electron chi connectivity index (χ0n) is 4.99. The summed E-state index contributed by atoms with van der Waals surface area (Å²) < 4.78 is 0. The van der Waals surface area contributed by atoms with Gasteiger partial charge in [0, 0.05) is 0 Å². The second-order valence-corrected chi connectivity index (χ2v) is 1.20. The molecule has 1 heteroatoms. The summed E-state index contributed by atoms with van der Waals surface area (Å²) in [4.78, 5) is 9.44. The Labute approximate surface area is 44.7 Å². The van der Waals surface area contributed by atoms with Crippen molar-refractivity contribution < 1.29 is 4.79 Å². The number of hydrogen-bond donors (Lipinski definition) is 0. The number of Topliss-reactive ketones (excluding diaryl/α,β-unsaturated/α-hetero) is 1. The molecule has 0 bridgehead atoms. The van der Waals surface area contributed by atoms with Crippen molar-refractivity contribution in [1.29, 1.82) is 0 Å². The van der Waals surface area contributed by atoms with Gasteiger partial charge in [0.25, 0.3) is 0 Å². The predicted octanol–water partition coefficient (Wildman–Crippen LogP) is 1.23. The van der Waals surface area contributed by atoms with E-state index in [2.05, 4.69) is 12.3 Å². The fraction of sp³-hybridized carbons (Fsp3) is 0.500. The average molecular weight is 98.1 g/mol. The van der Waals surface area contributed by atoms with E-state index in [0.29, 0.717) is 0 Å². The molecule has 0 amide bonds. The molecule has 1 nitrogen and oxygen atoms in total. The Hall–Kier alpha value is -0.770. The maximum Gasteiger partial charge on any atom is 0.126 e. The third kappa shape index (κ3) is 92.0. The SMILES string of the molecule is C#CC.CC(C)=O. The molecule has 7 heavy (non-hydrogen) atoms. The molecule has 0 unspecified atom stereocenters. The van der Waals surface area contributed by atoms with Crippen molar-refractivity contribution in [3.8, 4) is 12.3 Å². The highest BCUT2D eigenvalue weighted by molar-refractivity contribution is 5.72. The van der Waals surface area contributed by atoms with E-state index in [9.17, 15) is 4.79 Å². The van der Waals surface area contributed by atoms with Gasteiger partial charge in [-0.2, -0.15) is 0 Å². The van der Waals surface area contributed by atoms with Gasteiger partial charge < -0.3 is 4.79 Å². The molecule has 0 saturated carbocycles. The Morgan fingerprint density at radius 1 is 1.57 bits per heavy atom. The maximum absolute atomic E-state index is 9.44. The molecule has 0 atom stereocenters. The van der Waals surface area contributed by atoms with Gasteiger partial charge in [-0.15, -0.1) is 12.3 Å². The number of terminal acetylenes is 1. The van der Waals surface area contributed by atoms with Crippen LogP contribution >= 0.6 is 0 Å². The lowest BCUT2D eigenvalue weighted by molar-refractivity contribution is -0.114. The van der Waals surface area contributed by atoms with Gasteiger partial charge in [0.2, 0.25) is 0 Å². The molecule has 0 saturated heterocycles. The van der Waals surface area contributed by atoms with Crippen molar-refractivity contribution in [3.05, 3.63) is 0 Å². The molecular formula is C6H10O. The summed E-state index contributed by atoms with van der Waals surface area (Å²) in [5, 5.41) is 0. The summed E-state index contributed by atoms with van der Waals surface area (Å²) in [5.41, 5.74) is 0. The standard InChI is InChI=1S/C3H6O.C3H4/c1-3(2)4;1-3-2/h1-2H3;1H,2H3. The van der Waals surface area contributed by atoms with Gasteiger partial charge >= 0.3 is 0 Å². The number of carbonyl (C=O) groups excluding carboxylic acids is 1. The quantitative estimate of drug-likeness (QED) is 0.416. The molecule has 0 N–H and O–H groups in total. The predicted molar refractivity (Wildman–Crippen MR) is 30.9 cm³/mol. The van der Waals surface area contributed by atoms with E-state index in [-0.39, 0.29) is 5.78 Å². The van der Waals surface area contributed by atoms with Crippen molar-refractivity contribution in [2.45, 2.75) is 20.8 Å². The minimum absolute atomic E-state index is 0.167. The third-order valence-electron chi connectivity index (χ3n) is 0. The van der Waals surface area contributed by atoms with E-state index < -0.39 is 0 Å². The van der Waals surface area contributed by atoms with E-state index in [1.165, 1.54) is 13.8 Å². The lowest BCUT2D eigenvalue weighted by Crippen LogP contribution is -1.69. The molecule has 0 aromatic heterocycles. The Morgan fingerprint density at radius 3 is 1.57 bits per heavy atom. The smallest absolute Gasteiger partial charge is 0.126 e. The normalized spacial score (nSPS) is 4.86. The van der Waals surface area contributed by atoms with Crippen LogP contribution in [0.2, 0.25) is 0 Å². The molecule has 0 aliphatic heterocycles. The molecule has 0 heterocycles. The molecule has 0 aromatic rings. The zero-order chi connectivity index (χ0) is 6.28.